The molecule has 0 aliphatic heterocycles. The molecule has 0 atom stereocenters. The number of carbonyl (C=O) groups is 1. The van der Waals surface area contributed by atoms with E-state index in [1.807, 2.05) is 0 Å². The maximum atomic E-state index is 11.7. The number of hydrogen-bond acceptors (Lipinski definition) is 6. The summed E-state index contributed by atoms with van der Waals surface area (Å²) < 4.78 is 11.2. The average molecular weight is 409 g/mol. The zero-order chi connectivity index (χ0) is 20.4. The van der Waals surface area contributed by atoms with E-state index in [1.54, 1.807) is 42.7 Å². The van der Waals surface area contributed by atoms with E-state index in [4.69, 9.17) is 27.4 Å². The monoisotopic (exact) mass is 409 g/mol. The topological polar surface area (TPSA) is 111 Å². The fraction of sp³-hybridized carbons (Fsp3) is 0.200. The molecule has 3 aromatic rings. The number of primary amides is 1. The number of benzene rings is 1. The Bertz CT molecular complexity index is 1080. The molecule has 0 spiro atoms. The predicted octanol–water partition coefficient (Wildman–Crippen LogP) is 2.98. The van der Waals surface area contributed by atoms with Crippen molar-refractivity contribution in [3.63, 3.8) is 0 Å². The van der Waals surface area contributed by atoms with E-state index in [-0.39, 0.29) is 5.56 Å². The lowest BCUT2D eigenvalue weighted by molar-refractivity contribution is 0.0997. The van der Waals surface area contributed by atoms with E-state index >= 15 is 0 Å². The number of methoxy groups -OCH3 is 1. The van der Waals surface area contributed by atoms with Crippen molar-refractivity contribution in [3.8, 4) is 17.2 Å². The third kappa shape index (κ3) is 4.35. The van der Waals surface area contributed by atoms with Crippen LogP contribution in [0.3, 0.4) is 0 Å². The van der Waals surface area contributed by atoms with Crippen LogP contribution < -0.4 is 25.8 Å². The van der Waals surface area contributed by atoms with Crippen molar-refractivity contribution >= 4 is 40.0 Å². The van der Waals surface area contributed by atoms with Crippen molar-refractivity contribution in [2.45, 2.75) is 18.9 Å². The third-order valence-electron chi connectivity index (χ3n) is 4.41. The Balaban J connectivity index is 1.56. The van der Waals surface area contributed by atoms with E-state index in [0.29, 0.717) is 45.1 Å². The summed E-state index contributed by atoms with van der Waals surface area (Å²) in [6.07, 6.45) is 5.50. The highest BCUT2D eigenvalue weighted by molar-refractivity contribution is 7.80. The summed E-state index contributed by atoms with van der Waals surface area (Å²) in [7, 11) is 1.47. The summed E-state index contributed by atoms with van der Waals surface area (Å²) in [6.45, 7) is 0. The highest BCUT2D eigenvalue weighted by atomic mass is 32.1. The number of rotatable bonds is 6. The SMILES string of the molecule is COc1cc2nccc(Oc3ccc(NC(=S)NC4CC4)nc3)c2cc1C(N)=O. The molecule has 4 rings (SSSR count). The van der Waals surface area contributed by atoms with E-state index < -0.39 is 5.91 Å². The van der Waals surface area contributed by atoms with Gasteiger partial charge in [0.05, 0.1) is 24.4 Å². The number of ether oxygens (including phenoxy) is 2. The molecule has 4 N–H and O–H groups in total. The molecule has 0 saturated heterocycles. The second-order valence-electron chi connectivity index (χ2n) is 6.60. The number of thiocarbonyl (C=S) groups is 1. The molecule has 9 heteroatoms. The van der Waals surface area contributed by atoms with E-state index in [9.17, 15) is 4.79 Å². The molecule has 1 aliphatic rings. The van der Waals surface area contributed by atoms with Crippen LogP contribution in [0.15, 0.2) is 42.7 Å². The molecule has 1 aliphatic carbocycles. The molecule has 0 unspecified atom stereocenters. The van der Waals surface area contributed by atoms with Gasteiger partial charge in [0.1, 0.15) is 23.1 Å². The van der Waals surface area contributed by atoms with Crippen LogP contribution in [0.2, 0.25) is 0 Å². The highest BCUT2D eigenvalue weighted by Crippen LogP contribution is 2.33. The van der Waals surface area contributed by atoms with Gasteiger partial charge in [-0.3, -0.25) is 9.78 Å². The van der Waals surface area contributed by atoms with Gasteiger partial charge in [0, 0.05) is 23.7 Å². The average Bonchev–Trinajstić information content (AvgIpc) is 3.52. The van der Waals surface area contributed by atoms with Crippen molar-refractivity contribution < 1.29 is 14.3 Å². The number of fused-ring (bicyclic) bond motifs is 1. The normalized spacial score (nSPS) is 13.0. The van der Waals surface area contributed by atoms with Gasteiger partial charge in [-0.05, 0) is 49.3 Å². The molecule has 1 fully saturated rings. The summed E-state index contributed by atoms with van der Waals surface area (Å²) in [6, 6.07) is 9.00. The van der Waals surface area contributed by atoms with Crippen LogP contribution in [0.5, 0.6) is 17.2 Å². The van der Waals surface area contributed by atoms with Crippen LogP contribution in [0.1, 0.15) is 23.2 Å². The van der Waals surface area contributed by atoms with Gasteiger partial charge in [-0.15, -0.1) is 0 Å². The molecular formula is C20H19N5O3S. The molecule has 1 aromatic carbocycles. The summed E-state index contributed by atoms with van der Waals surface area (Å²) in [5, 5.41) is 7.43. The van der Waals surface area contributed by atoms with Gasteiger partial charge < -0.3 is 25.8 Å². The Hall–Kier alpha value is -3.46. The first-order valence-corrected chi connectivity index (χ1v) is 9.42. The Kier molecular flexibility index (Phi) is 5.13. The largest absolute Gasteiger partial charge is 0.496 e. The van der Waals surface area contributed by atoms with Crippen molar-refractivity contribution in [3.05, 3.63) is 48.3 Å². The molecule has 0 bridgehead atoms. The lowest BCUT2D eigenvalue weighted by atomic mass is 10.1. The fourth-order valence-corrected chi connectivity index (χ4v) is 3.08. The van der Waals surface area contributed by atoms with Gasteiger partial charge in [0.25, 0.3) is 5.91 Å². The van der Waals surface area contributed by atoms with Crippen LogP contribution in [0.25, 0.3) is 10.9 Å². The third-order valence-corrected chi connectivity index (χ3v) is 4.63. The minimum Gasteiger partial charge on any atom is -0.496 e. The van der Waals surface area contributed by atoms with Gasteiger partial charge in [-0.1, -0.05) is 0 Å². The van der Waals surface area contributed by atoms with Gasteiger partial charge in [-0.25, -0.2) is 4.98 Å². The zero-order valence-corrected chi connectivity index (χ0v) is 16.5. The number of nitrogens with two attached hydrogens (primary N) is 1. The Morgan fingerprint density at radius 1 is 1.21 bits per heavy atom. The van der Waals surface area contributed by atoms with Crippen molar-refractivity contribution in [2.24, 2.45) is 5.73 Å². The van der Waals surface area contributed by atoms with Gasteiger partial charge in [0.2, 0.25) is 0 Å². The number of nitrogens with zero attached hydrogens (tertiary/aromatic N) is 2. The first kappa shape index (κ1) is 18.9. The number of nitrogens with one attached hydrogen (secondary N) is 2. The van der Waals surface area contributed by atoms with Crippen LogP contribution in [0.4, 0.5) is 5.82 Å². The number of aromatic nitrogens is 2. The van der Waals surface area contributed by atoms with E-state index in [2.05, 4.69) is 20.6 Å². The van der Waals surface area contributed by atoms with Crippen LogP contribution in [0, 0.1) is 0 Å². The van der Waals surface area contributed by atoms with E-state index in [1.165, 1.54) is 7.11 Å². The number of anilines is 1. The fourth-order valence-electron chi connectivity index (χ4n) is 2.81. The maximum absolute atomic E-state index is 11.7. The van der Waals surface area contributed by atoms with Crippen molar-refractivity contribution in [1.82, 2.24) is 15.3 Å². The summed E-state index contributed by atoms with van der Waals surface area (Å²) >= 11 is 5.25. The number of amides is 1. The zero-order valence-electron chi connectivity index (χ0n) is 15.6. The molecular weight excluding hydrogens is 390 g/mol. The standard InChI is InChI=1S/C20H19N5O3S/c1-27-17-9-15-13(8-14(17)19(21)26)16(6-7-22-15)28-12-4-5-18(23-10-12)25-20(29)24-11-2-3-11/h4-11H,2-3H2,1H3,(H2,21,26)(H2,23,24,25,29). The number of carbonyl (C=O) groups excluding carboxylic acids is 1. The molecule has 1 amide bonds. The smallest absolute Gasteiger partial charge is 0.252 e. The predicted molar refractivity (Wildman–Crippen MR) is 114 cm³/mol. The molecule has 1 saturated carbocycles. The van der Waals surface area contributed by atoms with Crippen molar-refractivity contribution in [1.29, 1.82) is 0 Å². The van der Waals surface area contributed by atoms with E-state index in [0.717, 1.165) is 12.8 Å². The molecule has 8 nitrogen and oxygen atoms in total. The molecule has 2 heterocycles. The minimum atomic E-state index is -0.591. The van der Waals surface area contributed by atoms with Crippen LogP contribution >= 0.6 is 12.2 Å². The second-order valence-corrected chi connectivity index (χ2v) is 7.01. The summed E-state index contributed by atoms with van der Waals surface area (Å²) in [5.41, 5.74) is 6.34. The quantitative estimate of drug-likeness (QED) is 0.533. The van der Waals surface area contributed by atoms with Gasteiger partial charge >= 0.3 is 0 Å². The Morgan fingerprint density at radius 2 is 2.03 bits per heavy atom. The van der Waals surface area contributed by atoms with Crippen LogP contribution in [-0.4, -0.2) is 34.1 Å². The highest BCUT2D eigenvalue weighted by Gasteiger charge is 2.21. The molecule has 29 heavy (non-hydrogen) atoms. The lowest BCUT2D eigenvalue weighted by Crippen LogP contribution is -2.30. The van der Waals surface area contributed by atoms with Crippen molar-refractivity contribution in [2.75, 3.05) is 12.4 Å². The summed E-state index contributed by atoms with van der Waals surface area (Å²) in [4.78, 5) is 20.4. The van der Waals surface area contributed by atoms with Crippen LogP contribution in [-0.2, 0) is 0 Å². The number of hydrogen-bond donors (Lipinski definition) is 3. The molecule has 0 radical (unpaired) electrons. The van der Waals surface area contributed by atoms with Gasteiger partial charge in [0.15, 0.2) is 5.11 Å². The second kappa shape index (κ2) is 7.88. The first-order valence-electron chi connectivity index (χ1n) is 9.01. The maximum Gasteiger partial charge on any atom is 0.252 e. The number of pyridine rings is 2. The Labute approximate surface area is 172 Å². The van der Waals surface area contributed by atoms with Gasteiger partial charge in [-0.2, -0.15) is 0 Å². The Morgan fingerprint density at radius 3 is 2.69 bits per heavy atom. The molecule has 148 valence electrons. The lowest BCUT2D eigenvalue weighted by Gasteiger charge is -2.12. The molecule has 2 aromatic heterocycles. The summed E-state index contributed by atoms with van der Waals surface area (Å²) in [5.74, 6) is 1.44. The first-order chi connectivity index (χ1) is 14.0. The minimum absolute atomic E-state index is 0.257.